The number of Topliss-reactive ketones (excluding diaryl/α,β-unsaturated/α-hetero) is 1. The number of rotatable bonds is 2. The number of methoxy groups -OCH3 is 1. The van der Waals surface area contributed by atoms with Gasteiger partial charge in [0, 0.05) is 11.5 Å². The summed E-state index contributed by atoms with van der Waals surface area (Å²) in [5.74, 6) is 1.44. The minimum atomic E-state index is 0.205. The van der Waals surface area contributed by atoms with E-state index in [1.54, 1.807) is 7.11 Å². The topological polar surface area (TPSA) is 26.3 Å². The highest BCUT2D eigenvalue weighted by atomic mass is 16.5. The van der Waals surface area contributed by atoms with Crippen LogP contribution in [0.3, 0.4) is 0 Å². The molecular weight excluding hydrogens is 224 g/mol. The van der Waals surface area contributed by atoms with Gasteiger partial charge in [-0.25, -0.2) is 0 Å². The number of fused-ring (bicyclic) bond motifs is 1. The Balaban J connectivity index is 2.47. The molecular formula is C16H22O2. The Kier molecular flexibility index (Phi) is 4.05. The standard InChI is InChI=1S/C16H22O2/c1-4-12-7-5-6-8-13-10-15(18-3)11(2)9-14(13)16(12)17/h9-10,12H,4-8H2,1-3H3. The first-order chi connectivity index (χ1) is 8.67. The van der Waals surface area contributed by atoms with E-state index >= 15 is 0 Å². The molecule has 0 aromatic heterocycles. The second-order valence-electron chi connectivity index (χ2n) is 5.19. The van der Waals surface area contributed by atoms with Crippen LogP contribution in [0.1, 0.15) is 54.1 Å². The average molecular weight is 246 g/mol. The van der Waals surface area contributed by atoms with Crippen LogP contribution >= 0.6 is 0 Å². The minimum Gasteiger partial charge on any atom is -0.496 e. The van der Waals surface area contributed by atoms with Gasteiger partial charge in [-0.05, 0) is 55.9 Å². The second kappa shape index (κ2) is 5.55. The molecule has 1 aromatic carbocycles. The molecule has 0 spiro atoms. The number of hydrogen-bond acceptors (Lipinski definition) is 2. The van der Waals surface area contributed by atoms with Gasteiger partial charge in [-0.15, -0.1) is 0 Å². The summed E-state index contributed by atoms with van der Waals surface area (Å²) in [6, 6.07) is 4.07. The van der Waals surface area contributed by atoms with Gasteiger partial charge in [-0.3, -0.25) is 4.79 Å². The van der Waals surface area contributed by atoms with Crippen LogP contribution < -0.4 is 4.74 Å². The number of ether oxygens (including phenoxy) is 1. The third-order valence-electron chi connectivity index (χ3n) is 4.00. The Bertz CT molecular complexity index is 449. The van der Waals surface area contributed by atoms with Crippen molar-refractivity contribution in [3.05, 3.63) is 28.8 Å². The second-order valence-corrected chi connectivity index (χ2v) is 5.19. The van der Waals surface area contributed by atoms with Crippen molar-refractivity contribution in [3.8, 4) is 5.75 Å². The first-order valence-corrected chi connectivity index (χ1v) is 6.89. The number of benzene rings is 1. The maximum Gasteiger partial charge on any atom is 0.166 e. The number of aryl methyl sites for hydroxylation is 2. The zero-order chi connectivity index (χ0) is 13.1. The number of carbonyl (C=O) groups is 1. The van der Waals surface area contributed by atoms with E-state index in [0.717, 1.165) is 42.6 Å². The molecule has 0 N–H and O–H groups in total. The van der Waals surface area contributed by atoms with Gasteiger partial charge in [0.2, 0.25) is 0 Å². The average Bonchev–Trinajstić information content (AvgIpc) is 2.37. The summed E-state index contributed by atoms with van der Waals surface area (Å²) in [6.45, 7) is 4.12. The molecule has 98 valence electrons. The van der Waals surface area contributed by atoms with Crippen molar-refractivity contribution in [1.82, 2.24) is 0 Å². The van der Waals surface area contributed by atoms with Crippen LogP contribution in [-0.4, -0.2) is 12.9 Å². The van der Waals surface area contributed by atoms with Gasteiger partial charge in [0.25, 0.3) is 0 Å². The summed E-state index contributed by atoms with van der Waals surface area (Å²) in [5, 5.41) is 0. The van der Waals surface area contributed by atoms with Crippen LogP contribution in [0.15, 0.2) is 12.1 Å². The summed E-state index contributed by atoms with van der Waals surface area (Å²) >= 11 is 0. The van der Waals surface area contributed by atoms with Crippen molar-refractivity contribution >= 4 is 5.78 Å². The normalized spacial score (nSPS) is 19.9. The fourth-order valence-electron chi connectivity index (χ4n) is 2.83. The van der Waals surface area contributed by atoms with Crippen molar-refractivity contribution in [3.63, 3.8) is 0 Å². The van der Waals surface area contributed by atoms with Gasteiger partial charge in [-0.2, -0.15) is 0 Å². The Morgan fingerprint density at radius 1 is 1.33 bits per heavy atom. The van der Waals surface area contributed by atoms with Gasteiger partial charge >= 0.3 is 0 Å². The number of carbonyl (C=O) groups excluding carboxylic acids is 1. The molecule has 1 aliphatic rings. The number of hydrogen-bond donors (Lipinski definition) is 0. The molecule has 0 aliphatic heterocycles. The van der Waals surface area contributed by atoms with Gasteiger partial charge < -0.3 is 4.74 Å². The van der Waals surface area contributed by atoms with Crippen LogP contribution in [0.4, 0.5) is 0 Å². The molecule has 1 aliphatic carbocycles. The molecule has 0 saturated carbocycles. The monoisotopic (exact) mass is 246 g/mol. The lowest BCUT2D eigenvalue weighted by atomic mass is 9.83. The lowest BCUT2D eigenvalue weighted by Gasteiger charge is -2.21. The molecule has 0 bridgehead atoms. The van der Waals surface area contributed by atoms with Crippen LogP contribution in [0, 0.1) is 12.8 Å². The van der Waals surface area contributed by atoms with Crippen molar-refractivity contribution in [2.24, 2.45) is 5.92 Å². The minimum absolute atomic E-state index is 0.205. The highest BCUT2D eigenvalue weighted by molar-refractivity contribution is 5.99. The zero-order valence-corrected chi connectivity index (χ0v) is 11.6. The van der Waals surface area contributed by atoms with E-state index in [2.05, 4.69) is 13.0 Å². The first-order valence-electron chi connectivity index (χ1n) is 6.89. The first kappa shape index (κ1) is 13.1. The van der Waals surface area contributed by atoms with E-state index < -0.39 is 0 Å². The molecule has 2 rings (SSSR count). The van der Waals surface area contributed by atoms with Crippen LogP contribution in [0.25, 0.3) is 0 Å². The van der Waals surface area contributed by atoms with E-state index in [-0.39, 0.29) is 5.92 Å². The van der Waals surface area contributed by atoms with Crippen molar-refractivity contribution in [2.45, 2.75) is 46.0 Å². The third kappa shape index (κ3) is 2.43. The third-order valence-corrected chi connectivity index (χ3v) is 4.00. The van der Waals surface area contributed by atoms with E-state index in [1.165, 1.54) is 12.0 Å². The molecule has 2 nitrogen and oxygen atoms in total. The molecule has 1 aromatic rings. The molecule has 0 heterocycles. The summed E-state index contributed by atoms with van der Waals surface area (Å²) in [5.41, 5.74) is 3.15. The highest BCUT2D eigenvalue weighted by Crippen LogP contribution is 2.30. The van der Waals surface area contributed by atoms with Crippen molar-refractivity contribution in [1.29, 1.82) is 0 Å². The lowest BCUT2D eigenvalue weighted by molar-refractivity contribution is 0.0904. The van der Waals surface area contributed by atoms with E-state index in [9.17, 15) is 4.79 Å². The summed E-state index contributed by atoms with van der Waals surface area (Å²) < 4.78 is 5.36. The van der Waals surface area contributed by atoms with Gasteiger partial charge in [0.1, 0.15) is 5.75 Å². The Morgan fingerprint density at radius 3 is 2.78 bits per heavy atom. The Labute approximate surface area is 109 Å². The predicted molar refractivity (Wildman–Crippen MR) is 73.4 cm³/mol. The SMILES string of the molecule is CCC1CCCCc2cc(OC)c(C)cc2C1=O. The molecule has 0 radical (unpaired) electrons. The van der Waals surface area contributed by atoms with Gasteiger partial charge in [0.05, 0.1) is 7.11 Å². The van der Waals surface area contributed by atoms with Crippen LogP contribution in [0.5, 0.6) is 5.75 Å². The highest BCUT2D eigenvalue weighted by Gasteiger charge is 2.23. The largest absolute Gasteiger partial charge is 0.496 e. The molecule has 18 heavy (non-hydrogen) atoms. The van der Waals surface area contributed by atoms with E-state index in [4.69, 9.17) is 4.74 Å². The fraction of sp³-hybridized carbons (Fsp3) is 0.562. The zero-order valence-electron chi connectivity index (χ0n) is 11.6. The molecule has 1 atom stereocenters. The fourth-order valence-corrected chi connectivity index (χ4v) is 2.83. The Morgan fingerprint density at radius 2 is 2.11 bits per heavy atom. The molecule has 2 heteroatoms. The quantitative estimate of drug-likeness (QED) is 0.790. The molecule has 0 saturated heterocycles. The predicted octanol–water partition coefficient (Wildman–Crippen LogP) is 3.94. The van der Waals surface area contributed by atoms with E-state index in [0.29, 0.717) is 5.78 Å². The summed E-state index contributed by atoms with van der Waals surface area (Å²) in [4.78, 5) is 12.5. The van der Waals surface area contributed by atoms with Crippen LogP contribution in [-0.2, 0) is 6.42 Å². The number of ketones is 1. The Hall–Kier alpha value is -1.31. The maximum absolute atomic E-state index is 12.5. The maximum atomic E-state index is 12.5. The lowest BCUT2D eigenvalue weighted by Crippen LogP contribution is -2.18. The van der Waals surface area contributed by atoms with E-state index in [1.807, 2.05) is 13.0 Å². The van der Waals surface area contributed by atoms with Crippen molar-refractivity contribution in [2.75, 3.05) is 7.11 Å². The molecule has 0 fully saturated rings. The summed E-state index contributed by atoms with van der Waals surface area (Å²) in [6.07, 6.45) is 5.31. The molecule has 0 amide bonds. The molecule has 1 unspecified atom stereocenters. The van der Waals surface area contributed by atoms with Crippen molar-refractivity contribution < 1.29 is 9.53 Å². The van der Waals surface area contributed by atoms with Gasteiger partial charge in [-0.1, -0.05) is 13.3 Å². The van der Waals surface area contributed by atoms with Gasteiger partial charge in [0.15, 0.2) is 5.78 Å². The summed E-state index contributed by atoms with van der Waals surface area (Å²) in [7, 11) is 1.69. The van der Waals surface area contributed by atoms with Crippen LogP contribution in [0.2, 0.25) is 0 Å². The smallest absolute Gasteiger partial charge is 0.166 e.